The zero-order chi connectivity index (χ0) is 21.0. The fraction of sp³-hybridized carbons (Fsp3) is 0.278. The Kier molecular flexibility index (Phi) is 6.30. The topological polar surface area (TPSA) is 99.9 Å². The van der Waals surface area contributed by atoms with Crippen molar-refractivity contribution in [3.05, 3.63) is 53.7 Å². The van der Waals surface area contributed by atoms with E-state index in [1.54, 1.807) is 37.4 Å². The van der Waals surface area contributed by atoms with Gasteiger partial charge in [0.25, 0.3) is 0 Å². The van der Waals surface area contributed by atoms with Gasteiger partial charge in [0.05, 0.1) is 17.1 Å². The average molecular weight is 436 g/mol. The largest absolute Gasteiger partial charge is 0.337 e. The highest BCUT2D eigenvalue weighted by molar-refractivity contribution is 7.90. The van der Waals surface area contributed by atoms with Gasteiger partial charge in [0, 0.05) is 21.1 Å². The van der Waals surface area contributed by atoms with E-state index in [4.69, 9.17) is 4.52 Å². The summed E-state index contributed by atoms with van der Waals surface area (Å²) < 4.78 is 32.8. The van der Waals surface area contributed by atoms with Crippen LogP contribution < -0.4 is 4.31 Å². The number of rotatable bonds is 8. The SMILES string of the molecule is CN(Cc1nc(-c2cccs2)no1)C(=O)CN(c1ccccc1)S(=O)(=O)N(C)C. The van der Waals surface area contributed by atoms with Crippen LogP contribution in [0.15, 0.2) is 52.4 Å². The smallest absolute Gasteiger partial charge is 0.304 e. The van der Waals surface area contributed by atoms with Crippen molar-refractivity contribution in [3.63, 3.8) is 0 Å². The lowest BCUT2D eigenvalue weighted by Crippen LogP contribution is -2.46. The Bertz CT molecular complexity index is 1050. The second-order valence-electron chi connectivity index (χ2n) is 6.37. The second kappa shape index (κ2) is 8.72. The molecule has 1 amide bonds. The van der Waals surface area contributed by atoms with Gasteiger partial charge in [0.15, 0.2) is 0 Å². The summed E-state index contributed by atoms with van der Waals surface area (Å²) in [4.78, 5) is 19.3. The van der Waals surface area contributed by atoms with E-state index in [1.165, 1.54) is 30.3 Å². The van der Waals surface area contributed by atoms with Gasteiger partial charge in [-0.05, 0) is 23.6 Å². The maximum atomic E-state index is 12.7. The molecule has 0 saturated carbocycles. The third kappa shape index (κ3) is 4.81. The molecule has 11 heteroatoms. The molecule has 0 spiro atoms. The lowest BCUT2D eigenvalue weighted by molar-refractivity contribution is -0.129. The van der Waals surface area contributed by atoms with Crippen molar-refractivity contribution in [1.29, 1.82) is 0 Å². The number of aromatic nitrogens is 2. The van der Waals surface area contributed by atoms with Gasteiger partial charge in [-0.1, -0.05) is 29.4 Å². The van der Waals surface area contributed by atoms with E-state index in [1.807, 2.05) is 17.5 Å². The van der Waals surface area contributed by atoms with Crippen LogP contribution >= 0.6 is 11.3 Å². The van der Waals surface area contributed by atoms with Crippen molar-refractivity contribution in [2.24, 2.45) is 0 Å². The van der Waals surface area contributed by atoms with Gasteiger partial charge >= 0.3 is 10.2 Å². The Hall–Kier alpha value is -2.76. The molecular weight excluding hydrogens is 414 g/mol. The third-order valence-electron chi connectivity index (χ3n) is 4.07. The summed E-state index contributed by atoms with van der Waals surface area (Å²) in [5, 5.41) is 5.82. The number of benzene rings is 1. The van der Waals surface area contributed by atoms with Crippen LogP contribution in [-0.4, -0.2) is 61.4 Å². The molecule has 3 rings (SSSR count). The lowest BCUT2D eigenvalue weighted by atomic mass is 10.3. The van der Waals surface area contributed by atoms with Crippen LogP contribution in [0.2, 0.25) is 0 Å². The zero-order valence-corrected chi connectivity index (χ0v) is 17.9. The number of likely N-dealkylation sites (N-methyl/N-ethyl adjacent to an activating group) is 1. The van der Waals surface area contributed by atoms with E-state index in [-0.39, 0.29) is 19.0 Å². The van der Waals surface area contributed by atoms with Crippen molar-refractivity contribution in [2.75, 3.05) is 32.0 Å². The maximum Gasteiger partial charge on any atom is 0.304 e. The van der Waals surface area contributed by atoms with E-state index in [0.29, 0.717) is 11.5 Å². The molecule has 154 valence electrons. The van der Waals surface area contributed by atoms with E-state index in [2.05, 4.69) is 10.1 Å². The first-order chi connectivity index (χ1) is 13.8. The molecule has 0 unspecified atom stereocenters. The van der Waals surface area contributed by atoms with E-state index in [0.717, 1.165) is 13.5 Å². The minimum absolute atomic E-state index is 0.0713. The van der Waals surface area contributed by atoms with E-state index < -0.39 is 16.1 Å². The standard InChI is InChI=1S/C18H21N5O4S2/c1-21(2)29(25,26)23(14-8-5-4-6-9-14)13-17(24)22(3)12-16-19-18(20-27-16)15-10-7-11-28-15/h4-11H,12-13H2,1-3H3. The highest BCUT2D eigenvalue weighted by atomic mass is 32.2. The summed E-state index contributed by atoms with van der Waals surface area (Å²) in [6, 6.07) is 12.2. The Morgan fingerprint density at radius 1 is 1.10 bits per heavy atom. The zero-order valence-electron chi connectivity index (χ0n) is 16.2. The predicted molar refractivity (Wildman–Crippen MR) is 110 cm³/mol. The Labute approximate surface area is 173 Å². The number of hydrogen-bond donors (Lipinski definition) is 0. The van der Waals surface area contributed by atoms with Crippen LogP contribution in [0, 0.1) is 0 Å². The number of para-hydroxylation sites is 1. The first-order valence-electron chi connectivity index (χ1n) is 8.64. The number of nitrogens with zero attached hydrogens (tertiary/aromatic N) is 5. The van der Waals surface area contributed by atoms with Crippen molar-refractivity contribution in [1.82, 2.24) is 19.3 Å². The van der Waals surface area contributed by atoms with Gasteiger partial charge in [-0.25, -0.2) is 4.31 Å². The van der Waals surface area contributed by atoms with Crippen molar-refractivity contribution >= 4 is 33.1 Å². The monoisotopic (exact) mass is 435 g/mol. The maximum absolute atomic E-state index is 12.7. The number of amides is 1. The molecule has 0 aliphatic rings. The van der Waals surface area contributed by atoms with Gasteiger partial charge in [0.1, 0.15) is 6.54 Å². The van der Waals surface area contributed by atoms with Crippen LogP contribution in [-0.2, 0) is 21.5 Å². The third-order valence-corrected chi connectivity index (χ3v) is 6.76. The minimum Gasteiger partial charge on any atom is -0.337 e. The van der Waals surface area contributed by atoms with Gasteiger partial charge in [-0.2, -0.15) is 17.7 Å². The second-order valence-corrected chi connectivity index (χ2v) is 9.39. The highest BCUT2D eigenvalue weighted by Gasteiger charge is 2.28. The van der Waals surface area contributed by atoms with E-state index in [9.17, 15) is 13.2 Å². The summed E-state index contributed by atoms with van der Waals surface area (Å²) in [6.45, 7) is -0.283. The molecule has 3 aromatic rings. The molecule has 0 N–H and O–H groups in total. The van der Waals surface area contributed by atoms with Crippen LogP contribution in [0.25, 0.3) is 10.7 Å². The van der Waals surface area contributed by atoms with Crippen LogP contribution in [0.5, 0.6) is 0 Å². The minimum atomic E-state index is -3.85. The Morgan fingerprint density at radius 2 is 1.83 bits per heavy atom. The first kappa shape index (κ1) is 21.0. The molecule has 0 fully saturated rings. The highest BCUT2D eigenvalue weighted by Crippen LogP contribution is 2.22. The first-order valence-corrected chi connectivity index (χ1v) is 10.9. The molecular formula is C18H21N5O4S2. The summed E-state index contributed by atoms with van der Waals surface area (Å²) in [7, 11) is 0.550. The Balaban J connectivity index is 1.74. The Morgan fingerprint density at radius 3 is 2.45 bits per heavy atom. The van der Waals surface area contributed by atoms with Crippen molar-refractivity contribution < 1.29 is 17.7 Å². The molecule has 2 heterocycles. The van der Waals surface area contributed by atoms with Gasteiger partial charge in [0.2, 0.25) is 17.6 Å². The number of hydrogen-bond acceptors (Lipinski definition) is 7. The summed E-state index contributed by atoms with van der Waals surface area (Å²) in [6.07, 6.45) is 0. The average Bonchev–Trinajstić information content (AvgIpc) is 3.38. The molecule has 0 aliphatic heterocycles. The van der Waals surface area contributed by atoms with Crippen molar-refractivity contribution in [3.8, 4) is 10.7 Å². The van der Waals surface area contributed by atoms with Gasteiger partial charge < -0.3 is 9.42 Å². The van der Waals surface area contributed by atoms with Gasteiger partial charge in [-0.15, -0.1) is 11.3 Å². The molecule has 0 aliphatic carbocycles. The number of carbonyl (C=O) groups is 1. The molecule has 2 aromatic heterocycles. The van der Waals surface area contributed by atoms with Gasteiger partial charge in [-0.3, -0.25) is 4.79 Å². The predicted octanol–water partition coefficient (Wildman–Crippen LogP) is 2.07. The van der Waals surface area contributed by atoms with E-state index >= 15 is 0 Å². The number of anilines is 1. The summed E-state index contributed by atoms with van der Waals surface area (Å²) >= 11 is 1.48. The number of carbonyl (C=O) groups excluding carboxylic acids is 1. The molecule has 0 bridgehead atoms. The molecule has 9 nitrogen and oxygen atoms in total. The van der Waals surface area contributed by atoms with Crippen LogP contribution in [0.4, 0.5) is 5.69 Å². The molecule has 0 radical (unpaired) electrons. The van der Waals surface area contributed by atoms with Crippen molar-refractivity contribution in [2.45, 2.75) is 6.54 Å². The molecule has 0 saturated heterocycles. The molecule has 1 aromatic carbocycles. The quantitative estimate of drug-likeness (QED) is 0.537. The molecule has 0 atom stereocenters. The summed E-state index contributed by atoms with van der Waals surface area (Å²) in [5.41, 5.74) is 0.403. The lowest BCUT2D eigenvalue weighted by Gasteiger charge is -2.28. The number of thiophene rings is 1. The summed E-state index contributed by atoms with van der Waals surface area (Å²) in [5.74, 6) is 0.318. The fourth-order valence-electron chi connectivity index (χ4n) is 2.46. The molecule has 29 heavy (non-hydrogen) atoms. The fourth-order valence-corrected chi connectivity index (χ4v) is 4.16. The van der Waals surface area contributed by atoms with Crippen LogP contribution in [0.1, 0.15) is 5.89 Å². The van der Waals surface area contributed by atoms with Crippen LogP contribution in [0.3, 0.4) is 0 Å². The normalized spacial score (nSPS) is 11.6.